The van der Waals surface area contributed by atoms with Crippen LogP contribution in [0.5, 0.6) is 0 Å². The molecule has 3 amide bonds. The molecule has 0 unspecified atom stereocenters. The minimum Gasteiger partial charge on any atom is -0.481 e. The van der Waals surface area contributed by atoms with Gasteiger partial charge in [-0.2, -0.15) is 5.21 Å². The molecule has 0 aliphatic carbocycles. The fourth-order valence-corrected chi connectivity index (χ4v) is 4.33. The number of carbonyl (C=O) groups is 5. The number of nitrogens with one attached hydrogen (secondary N) is 3. The molecule has 0 spiro atoms. The first-order valence-electron chi connectivity index (χ1n) is 12.3. The Morgan fingerprint density at radius 3 is 2.58 bits per heavy atom. The summed E-state index contributed by atoms with van der Waals surface area (Å²) in [7, 11) is 0. The number of aliphatic carboxylic acids is 1. The fraction of sp³-hybridized carbons (Fsp3) is 0.500. The average molecular weight is 529 g/mol. The Labute approximate surface area is 218 Å². The Hall–Kier alpha value is -4.20. The summed E-state index contributed by atoms with van der Waals surface area (Å²) in [5, 5.41) is 27.5. The van der Waals surface area contributed by atoms with E-state index in [0.29, 0.717) is 18.5 Å². The molecule has 204 valence electrons. The van der Waals surface area contributed by atoms with Gasteiger partial charge in [0.15, 0.2) is 11.6 Å². The van der Waals surface area contributed by atoms with Gasteiger partial charge in [0.2, 0.25) is 17.7 Å². The van der Waals surface area contributed by atoms with Crippen LogP contribution in [0, 0.1) is 11.8 Å². The maximum atomic E-state index is 13.3. The molecule has 3 rings (SSSR count). The largest absolute Gasteiger partial charge is 0.481 e. The van der Waals surface area contributed by atoms with Crippen molar-refractivity contribution in [2.24, 2.45) is 17.6 Å². The van der Waals surface area contributed by atoms with Gasteiger partial charge < -0.3 is 21.5 Å². The number of amides is 3. The summed E-state index contributed by atoms with van der Waals surface area (Å²) in [6, 6.07) is 5.05. The number of nitrogens with zero attached hydrogens (tertiary/aromatic N) is 4. The highest BCUT2D eigenvalue weighted by molar-refractivity contribution is 6.05. The van der Waals surface area contributed by atoms with Crippen molar-refractivity contribution in [2.45, 2.75) is 58.2 Å². The first kappa shape index (κ1) is 28.4. The number of para-hydroxylation sites is 1. The maximum absolute atomic E-state index is 13.3. The molecule has 0 fully saturated rings. The number of nitrogens with two attached hydrogens (primary N) is 1. The summed E-state index contributed by atoms with van der Waals surface area (Å²) < 4.78 is 0. The lowest BCUT2D eigenvalue weighted by molar-refractivity contribution is -0.139. The number of carbonyl (C=O) groups excluding carboxylic acids is 4. The zero-order chi connectivity index (χ0) is 27.8. The third-order valence-corrected chi connectivity index (χ3v) is 6.67. The topological polar surface area (TPSA) is 213 Å². The van der Waals surface area contributed by atoms with Crippen molar-refractivity contribution in [3.63, 3.8) is 0 Å². The van der Waals surface area contributed by atoms with E-state index in [1.54, 1.807) is 19.1 Å². The molecule has 1 aromatic carbocycles. The Bertz CT molecular complexity index is 1170. The molecule has 1 aliphatic rings. The van der Waals surface area contributed by atoms with Gasteiger partial charge in [0.25, 0.3) is 0 Å². The molecule has 0 saturated carbocycles. The summed E-state index contributed by atoms with van der Waals surface area (Å²) in [5.74, 6) is -3.90. The average Bonchev–Trinajstić information content (AvgIpc) is 3.55. The van der Waals surface area contributed by atoms with Gasteiger partial charge in [0.1, 0.15) is 6.04 Å². The lowest BCUT2D eigenvalue weighted by Crippen LogP contribution is -2.51. The summed E-state index contributed by atoms with van der Waals surface area (Å²) >= 11 is 0. The number of carboxylic acids is 1. The number of Topliss-reactive ketones (excluding diaryl/α,β-unsaturated/α-hetero) is 1. The normalized spacial score (nSPS) is 16.7. The van der Waals surface area contributed by atoms with E-state index in [0.717, 1.165) is 5.56 Å². The monoisotopic (exact) mass is 528 g/mol. The second-order valence-electron chi connectivity index (χ2n) is 9.24. The van der Waals surface area contributed by atoms with E-state index in [2.05, 4.69) is 31.3 Å². The van der Waals surface area contributed by atoms with Crippen molar-refractivity contribution in [2.75, 3.05) is 11.4 Å². The first-order valence-corrected chi connectivity index (χ1v) is 12.3. The standard InChI is InChI=1S/C24H32N8O6/c1-3-13(2)15(9-19(33)16(25)10-22(35)36)23(37)27-12-21(34)32-17-7-5-4-6-14(17)8-18(32)24(38)26-11-20-28-30-31-29-20/h4-7,13,15-16,18H,3,8-12,25H2,1-2H3,(H,26,38)(H,27,37)(H,35,36)(H,28,29,30,31)/t13-,15-,16+,18-/m0/s1. The van der Waals surface area contributed by atoms with Gasteiger partial charge in [-0.25, -0.2) is 0 Å². The van der Waals surface area contributed by atoms with E-state index in [-0.39, 0.29) is 24.7 Å². The molecule has 38 heavy (non-hydrogen) atoms. The summed E-state index contributed by atoms with van der Waals surface area (Å²) in [5.41, 5.74) is 7.06. The number of aromatic nitrogens is 4. The van der Waals surface area contributed by atoms with Crippen LogP contribution < -0.4 is 21.3 Å². The highest BCUT2D eigenvalue weighted by Gasteiger charge is 2.38. The van der Waals surface area contributed by atoms with E-state index >= 15 is 0 Å². The van der Waals surface area contributed by atoms with Crippen LogP contribution >= 0.6 is 0 Å². The van der Waals surface area contributed by atoms with Crippen LogP contribution in [0.1, 0.15) is 44.5 Å². The van der Waals surface area contributed by atoms with Gasteiger partial charge in [-0.1, -0.05) is 43.7 Å². The predicted molar refractivity (Wildman–Crippen MR) is 133 cm³/mol. The van der Waals surface area contributed by atoms with Crippen molar-refractivity contribution < 1.29 is 29.1 Å². The van der Waals surface area contributed by atoms with Gasteiger partial charge in [-0.3, -0.25) is 28.9 Å². The molecule has 0 saturated heterocycles. The third kappa shape index (κ3) is 6.97. The minimum atomic E-state index is -1.22. The van der Waals surface area contributed by atoms with Crippen LogP contribution in [-0.2, 0) is 36.9 Å². The number of fused-ring (bicyclic) bond motifs is 1. The molecule has 0 radical (unpaired) electrons. The zero-order valence-corrected chi connectivity index (χ0v) is 21.2. The van der Waals surface area contributed by atoms with Crippen LogP contribution in [0.4, 0.5) is 5.69 Å². The predicted octanol–water partition coefficient (Wildman–Crippen LogP) is -0.686. The van der Waals surface area contributed by atoms with Gasteiger partial charge in [0, 0.05) is 24.4 Å². The summed E-state index contributed by atoms with van der Waals surface area (Å²) in [4.78, 5) is 64.1. The molecule has 2 heterocycles. The van der Waals surface area contributed by atoms with Crippen molar-refractivity contribution >= 4 is 35.2 Å². The number of benzene rings is 1. The second kappa shape index (κ2) is 12.9. The van der Waals surface area contributed by atoms with Crippen LogP contribution in [0.3, 0.4) is 0 Å². The van der Waals surface area contributed by atoms with Crippen LogP contribution in [-0.4, -0.2) is 73.8 Å². The molecular weight excluding hydrogens is 496 g/mol. The van der Waals surface area contributed by atoms with Crippen LogP contribution in [0.25, 0.3) is 0 Å². The second-order valence-corrected chi connectivity index (χ2v) is 9.24. The molecule has 1 aliphatic heterocycles. The molecule has 2 aromatic rings. The molecule has 4 atom stereocenters. The summed E-state index contributed by atoms with van der Waals surface area (Å²) in [6.45, 7) is 3.28. The van der Waals surface area contributed by atoms with E-state index < -0.39 is 60.4 Å². The zero-order valence-electron chi connectivity index (χ0n) is 21.2. The molecular formula is C24H32N8O6. The van der Waals surface area contributed by atoms with Crippen molar-refractivity contribution in [1.29, 1.82) is 0 Å². The minimum absolute atomic E-state index is 0.0234. The highest BCUT2D eigenvalue weighted by Crippen LogP contribution is 2.32. The lowest BCUT2D eigenvalue weighted by Gasteiger charge is -2.26. The van der Waals surface area contributed by atoms with E-state index in [9.17, 15) is 24.0 Å². The fourth-order valence-electron chi connectivity index (χ4n) is 4.33. The van der Waals surface area contributed by atoms with Gasteiger partial charge >= 0.3 is 5.97 Å². The number of carboxylic acid groups (broad SMARTS) is 1. The molecule has 0 bridgehead atoms. The number of tetrazole rings is 1. The Morgan fingerprint density at radius 2 is 1.92 bits per heavy atom. The highest BCUT2D eigenvalue weighted by atomic mass is 16.4. The van der Waals surface area contributed by atoms with Crippen LogP contribution in [0.2, 0.25) is 0 Å². The smallest absolute Gasteiger partial charge is 0.305 e. The quantitative estimate of drug-likeness (QED) is 0.221. The Kier molecular flexibility index (Phi) is 9.60. The molecule has 1 aromatic heterocycles. The van der Waals surface area contributed by atoms with Crippen molar-refractivity contribution in [1.82, 2.24) is 31.3 Å². The number of aromatic amines is 1. The van der Waals surface area contributed by atoms with Crippen LogP contribution in [0.15, 0.2) is 24.3 Å². The van der Waals surface area contributed by atoms with Crippen molar-refractivity contribution in [3.8, 4) is 0 Å². The Balaban J connectivity index is 1.68. The molecule has 14 heteroatoms. The Morgan fingerprint density at radius 1 is 1.18 bits per heavy atom. The van der Waals surface area contributed by atoms with Gasteiger partial charge in [0.05, 0.1) is 25.6 Å². The van der Waals surface area contributed by atoms with E-state index in [1.807, 2.05) is 19.1 Å². The number of H-pyrrole nitrogens is 1. The molecule has 14 nitrogen and oxygen atoms in total. The SMILES string of the molecule is CC[C@H](C)[C@H](CC(=O)[C@H](N)CC(=O)O)C(=O)NCC(=O)N1c2ccccc2C[C@H]1C(=O)NCc1nn[nH]n1. The van der Waals surface area contributed by atoms with E-state index in [4.69, 9.17) is 10.8 Å². The number of hydrogen-bond donors (Lipinski definition) is 5. The van der Waals surface area contributed by atoms with E-state index in [1.165, 1.54) is 4.90 Å². The van der Waals surface area contributed by atoms with Gasteiger partial charge in [-0.05, 0) is 17.5 Å². The van der Waals surface area contributed by atoms with Crippen molar-refractivity contribution in [3.05, 3.63) is 35.7 Å². The summed E-state index contributed by atoms with van der Waals surface area (Å²) in [6.07, 6.45) is 0.100. The number of ketones is 1. The van der Waals surface area contributed by atoms with Gasteiger partial charge in [-0.15, -0.1) is 10.2 Å². The first-order chi connectivity index (χ1) is 18.1. The maximum Gasteiger partial charge on any atom is 0.305 e. The number of hydrogen-bond acceptors (Lipinski definition) is 9. The lowest BCUT2D eigenvalue weighted by atomic mass is 9.85. The molecule has 6 N–H and O–H groups in total. The number of anilines is 1. The number of rotatable bonds is 13. The third-order valence-electron chi connectivity index (χ3n) is 6.67.